The highest BCUT2D eigenvalue weighted by atomic mass is 16.4. The maximum absolute atomic E-state index is 10.8. The Balaban J connectivity index is 2.09. The van der Waals surface area contributed by atoms with Crippen LogP contribution in [0.15, 0.2) is 24.3 Å². The summed E-state index contributed by atoms with van der Waals surface area (Å²) >= 11 is 0. The van der Waals surface area contributed by atoms with Crippen LogP contribution in [0.4, 0.5) is 5.69 Å². The molecular formula is C13H17NO2. The van der Waals surface area contributed by atoms with Crippen LogP contribution < -0.4 is 5.32 Å². The highest BCUT2D eigenvalue weighted by Crippen LogP contribution is 2.48. The lowest BCUT2D eigenvalue weighted by atomic mass is 10.0. The van der Waals surface area contributed by atoms with E-state index in [1.54, 1.807) is 18.2 Å². The van der Waals surface area contributed by atoms with Crippen LogP contribution in [0.3, 0.4) is 0 Å². The van der Waals surface area contributed by atoms with Crippen LogP contribution in [0.25, 0.3) is 0 Å². The molecule has 1 fully saturated rings. The Hall–Kier alpha value is -1.51. The van der Waals surface area contributed by atoms with E-state index in [2.05, 4.69) is 19.2 Å². The molecule has 3 nitrogen and oxygen atoms in total. The molecular weight excluding hydrogens is 202 g/mol. The Bertz CT molecular complexity index is 410. The van der Waals surface area contributed by atoms with E-state index >= 15 is 0 Å². The monoisotopic (exact) mass is 219 g/mol. The van der Waals surface area contributed by atoms with Crippen molar-refractivity contribution in [3.05, 3.63) is 29.8 Å². The SMILES string of the molecule is CC(Nc1cccc(C(=O)O)c1)C1(C)CC1. The minimum Gasteiger partial charge on any atom is -0.478 e. The highest BCUT2D eigenvalue weighted by molar-refractivity contribution is 5.88. The molecule has 1 aliphatic carbocycles. The van der Waals surface area contributed by atoms with Crippen molar-refractivity contribution < 1.29 is 9.90 Å². The van der Waals surface area contributed by atoms with Crippen molar-refractivity contribution in [2.24, 2.45) is 5.41 Å². The Kier molecular flexibility index (Phi) is 2.62. The zero-order valence-electron chi connectivity index (χ0n) is 9.66. The van der Waals surface area contributed by atoms with Gasteiger partial charge in [-0.1, -0.05) is 13.0 Å². The molecule has 0 radical (unpaired) electrons. The Morgan fingerprint density at radius 3 is 2.75 bits per heavy atom. The lowest BCUT2D eigenvalue weighted by molar-refractivity contribution is 0.0697. The second-order valence-corrected chi connectivity index (χ2v) is 4.91. The summed E-state index contributed by atoms with van der Waals surface area (Å²) in [5.41, 5.74) is 1.61. The largest absolute Gasteiger partial charge is 0.478 e. The molecule has 0 aliphatic heterocycles. The molecule has 1 atom stereocenters. The highest BCUT2D eigenvalue weighted by Gasteiger charge is 2.42. The van der Waals surface area contributed by atoms with Crippen molar-refractivity contribution in [1.82, 2.24) is 0 Å². The number of hydrogen-bond donors (Lipinski definition) is 2. The van der Waals surface area contributed by atoms with Gasteiger partial charge in [0.25, 0.3) is 0 Å². The summed E-state index contributed by atoms with van der Waals surface area (Å²) in [6.45, 7) is 4.41. The van der Waals surface area contributed by atoms with Crippen LogP contribution in [-0.4, -0.2) is 17.1 Å². The van der Waals surface area contributed by atoms with Gasteiger partial charge in [-0.3, -0.25) is 0 Å². The number of carbonyl (C=O) groups is 1. The summed E-state index contributed by atoms with van der Waals surface area (Å²) in [6, 6.07) is 7.36. The Morgan fingerprint density at radius 2 is 2.19 bits per heavy atom. The quantitative estimate of drug-likeness (QED) is 0.818. The molecule has 2 N–H and O–H groups in total. The summed E-state index contributed by atoms with van der Waals surface area (Å²) in [7, 11) is 0. The van der Waals surface area contributed by atoms with Gasteiger partial charge in [-0.2, -0.15) is 0 Å². The van der Waals surface area contributed by atoms with E-state index in [0.29, 0.717) is 17.0 Å². The molecule has 3 heteroatoms. The van der Waals surface area contributed by atoms with E-state index in [1.807, 2.05) is 6.07 Å². The fourth-order valence-electron chi connectivity index (χ4n) is 1.80. The van der Waals surface area contributed by atoms with E-state index in [9.17, 15) is 4.79 Å². The number of aromatic carboxylic acids is 1. The first-order valence-electron chi connectivity index (χ1n) is 5.61. The van der Waals surface area contributed by atoms with Crippen molar-refractivity contribution in [2.45, 2.75) is 32.7 Å². The molecule has 1 aromatic rings. The fraction of sp³-hybridized carbons (Fsp3) is 0.462. The minimum atomic E-state index is -0.881. The van der Waals surface area contributed by atoms with Gasteiger partial charge in [0, 0.05) is 11.7 Å². The van der Waals surface area contributed by atoms with Gasteiger partial charge in [0.1, 0.15) is 0 Å². The zero-order chi connectivity index (χ0) is 11.8. The number of rotatable bonds is 4. The van der Waals surface area contributed by atoms with Gasteiger partial charge in [0.15, 0.2) is 0 Å². The topological polar surface area (TPSA) is 49.3 Å². The van der Waals surface area contributed by atoms with Gasteiger partial charge in [-0.25, -0.2) is 4.79 Å². The predicted octanol–water partition coefficient (Wildman–Crippen LogP) is 2.99. The molecule has 1 aliphatic rings. The molecule has 0 heterocycles. The Morgan fingerprint density at radius 1 is 1.50 bits per heavy atom. The third-order valence-corrected chi connectivity index (χ3v) is 3.58. The van der Waals surface area contributed by atoms with Crippen molar-refractivity contribution in [2.75, 3.05) is 5.32 Å². The van der Waals surface area contributed by atoms with E-state index in [1.165, 1.54) is 12.8 Å². The van der Waals surface area contributed by atoms with Crippen LogP contribution in [-0.2, 0) is 0 Å². The molecule has 0 aromatic heterocycles. The molecule has 16 heavy (non-hydrogen) atoms. The standard InChI is InChI=1S/C13H17NO2/c1-9(13(2)6-7-13)14-11-5-3-4-10(8-11)12(15)16/h3-5,8-9,14H,6-7H2,1-2H3,(H,15,16). The summed E-state index contributed by atoms with van der Waals surface area (Å²) in [6.07, 6.45) is 2.50. The Labute approximate surface area is 95.5 Å². The van der Waals surface area contributed by atoms with E-state index < -0.39 is 5.97 Å². The average molecular weight is 219 g/mol. The third kappa shape index (κ3) is 2.18. The van der Waals surface area contributed by atoms with E-state index in [0.717, 1.165) is 5.69 Å². The van der Waals surface area contributed by atoms with Crippen molar-refractivity contribution in [3.8, 4) is 0 Å². The first-order valence-corrected chi connectivity index (χ1v) is 5.61. The van der Waals surface area contributed by atoms with Gasteiger partial charge in [-0.15, -0.1) is 0 Å². The lowest BCUT2D eigenvalue weighted by Gasteiger charge is -2.21. The normalized spacial score (nSPS) is 18.9. The number of nitrogens with one attached hydrogen (secondary N) is 1. The second-order valence-electron chi connectivity index (χ2n) is 4.91. The fourth-order valence-corrected chi connectivity index (χ4v) is 1.80. The van der Waals surface area contributed by atoms with E-state index in [4.69, 9.17) is 5.11 Å². The van der Waals surface area contributed by atoms with Gasteiger partial charge in [0.2, 0.25) is 0 Å². The van der Waals surface area contributed by atoms with Crippen LogP contribution in [0.2, 0.25) is 0 Å². The van der Waals surface area contributed by atoms with Crippen LogP contribution in [0, 0.1) is 5.41 Å². The zero-order valence-corrected chi connectivity index (χ0v) is 9.66. The molecule has 1 aromatic carbocycles. The lowest BCUT2D eigenvalue weighted by Crippen LogP contribution is -2.24. The first kappa shape index (κ1) is 11.0. The van der Waals surface area contributed by atoms with E-state index in [-0.39, 0.29) is 0 Å². The number of carboxylic acid groups (broad SMARTS) is 1. The maximum Gasteiger partial charge on any atom is 0.335 e. The molecule has 0 amide bonds. The van der Waals surface area contributed by atoms with Crippen molar-refractivity contribution in [1.29, 1.82) is 0 Å². The molecule has 86 valence electrons. The third-order valence-electron chi connectivity index (χ3n) is 3.58. The predicted molar refractivity (Wildman–Crippen MR) is 63.8 cm³/mol. The van der Waals surface area contributed by atoms with Gasteiger partial charge >= 0.3 is 5.97 Å². The summed E-state index contributed by atoms with van der Waals surface area (Å²) in [5.74, 6) is -0.881. The first-order chi connectivity index (χ1) is 7.51. The van der Waals surface area contributed by atoms with Crippen molar-refractivity contribution in [3.63, 3.8) is 0 Å². The average Bonchev–Trinajstić information content (AvgIpc) is 2.98. The van der Waals surface area contributed by atoms with Crippen LogP contribution in [0.5, 0.6) is 0 Å². The minimum absolute atomic E-state index is 0.332. The second kappa shape index (κ2) is 3.81. The molecule has 0 bridgehead atoms. The number of anilines is 1. The van der Waals surface area contributed by atoms with Gasteiger partial charge in [-0.05, 0) is 43.4 Å². The summed E-state index contributed by atoms with van der Waals surface area (Å²) < 4.78 is 0. The smallest absolute Gasteiger partial charge is 0.335 e. The molecule has 2 rings (SSSR count). The molecule has 1 unspecified atom stereocenters. The van der Waals surface area contributed by atoms with Crippen LogP contribution >= 0.6 is 0 Å². The maximum atomic E-state index is 10.8. The molecule has 0 saturated heterocycles. The summed E-state index contributed by atoms with van der Waals surface area (Å²) in [5, 5.41) is 12.3. The van der Waals surface area contributed by atoms with Crippen molar-refractivity contribution >= 4 is 11.7 Å². The van der Waals surface area contributed by atoms with Gasteiger partial charge in [0.05, 0.1) is 5.56 Å². The number of hydrogen-bond acceptors (Lipinski definition) is 2. The molecule has 0 spiro atoms. The van der Waals surface area contributed by atoms with Gasteiger partial charge < -0.3 is 10.4 Å². The summed E-state index contributed by atoms with van der Waals surface area (Å²) in [4.78, 5) is 10.8. The number of carboxylic acids is 1. The molecule has 1 saturated carbocycles. The van der Waals surface area contributed by atoms with Crippen LogP contribution in [0.1, 0.15) is 37.0 Å². The number of benzene rings is 1.